The topological polar surface area (TPSA) is 65.8 Å². The van der Waals surface area contributed by atoms with E-state index in [1.165, 1.54) is 11.9 Å². The largest absolute Gasteiger partial charge is 0.307 e. The van der Waals surface area contributed by atoms with Gasteiger partial charge in [-0.2, -0.15) is 5.10 Å². The zero-order valence-electron chi connectivity index (χ0n) is 11.0. The molecule has 21 heavy (non-hydrogen) atoms. The molecule has 0 spiro atoms. The molecule has 0 radical (unpaired) electrons. The number of nitrogens with zero attached hydrogens (tertiary/aromatic N) is 2. The Kier molecular flexibility index (Phi) is 3.97. The first-order chi connectivity index (χ1) is 10.3. The number of hydrogen-bond acceptors (Lipinski definition) is 5. The highest BCUT2D eigenvalue weighted by Gasteiger charge is 2.17. The molecule has 6 heteroatoms. The first-order valence-electron chi connectivity index (χ1n) is 6.32. The van der Waals surface area contributed by atoms with Gasteiger partial charge in [0.15, 0.2) is 0 Å². The number of carbonyl (C=O) groups is 1. The lowest BCUT2D eigenvalue weighted by Gasteiger charge is -2.14. The number of benzene rings is 2. The Hall–Kier alpha value is -2.60. The van der Waals surface area contributed by atoms with E-state index < -0.39 is 0 Å². The number of amidine groups is 1. The van der Waals surface area contributed by atoms with Crippen LogP contribution in [0.1, 0.15) is 5.56 Å². The minimum Gasteiger partial charge on any atom is -0.305 e. The maximum Gasteiger partial charge on any atom is 0.307 e. The molecule has 5 nitrogen and oxygen atoms in total. The molecule has 0 unspecified atom stereocenters. The highest BCUT2D eigenvalue weighted by Crippen LogP contribution is 2.30. The second-order valence-electron chi connectivity index (χ2n) is 4.24. The van der Waals surface area contributed by atoms with E-state index in [9.17, 15) is 4.79 Å². The van der Waals surface area contributed by atoms with E-state index in [-0.39, 0.29) is 11.7 Å². The van der Waals surface area contributed by atoms with Crippen LogP contribution >= 0.6 is 11.9 Å². The van der Waals surface area contributed by atoms with Crippen molar-refractivity contribution in [3.05, 3.63) is 60.2 Å². The standard InChI is InChI=1S/C15H12N4OS/c20-15(18-16-10-11-6-2-1-3-7-11)14-17-12-8-4-5-9-13(12)21-19-14/h1-10H,(H,17,19)(H,18,20). The van der Waals surface area contributed by atoms with Gasteiger partial charge in [-0.15, -0.1) is 0 Å². The van der Waals surface area contributed by atoms with Crippen molar-refractivity contribution in [1.82, 2.24) is 10.1 Å². The molecule has 0 aromatic heterocycles. The summed E-state index contributed by atoms with van der Waals surface area (Å²) in [6.45, 7) is 0. The third kappa shape index (κ3) is 3.29. The molecule has 0 aliphatic carbocycles. The fraction of sp³-hybridized carbons (Fsp3) is 0. The van der Waals surface area contributed by atoms with E-state index in [0.717, 1.165) is 16.1 Å². The SMILES string of the molecule is O=C(NN=Cc1ccccc1)C1=Nc2ccccc2SN1. The lowest BCUT2D eigenvalue weighted by Crippen LogP contribution is -2.35. The van der Waals surface area contributed by atoms with Gasteiger partial charge in [0.25, 0.3) is 0 Å². The molecule has 1 heterocycles. The number of fused-ring (bicyclic) bond motifs is 1. The summed E-state index contributed by atoms with van der Waals surface area (Å²) in [6.07, 6.45) is 1.59. The van der Waals surface area contributed by atoms with Gasteiger partial charge in [0.05, 0.1) is 16.8 Å². The Bertz CT molecular complexity index is 713. The molecule has 1 aliphatic heterocycles. The molecule has 3 rings (SSSR count). The zero-order chi connectivity index (χ0) is 14.5. The average molecular weight is 296 g/mol. The highest BCUT2D eigenvalue weighted by atomic mass is 32.2. The lowest BCUT2D eigenvalue weighted by molar-refractivity contribution is -0.114. The first-order valence-corrected chi connectivity index (χ1v) is 7.13. The number of para-hydroxylation sites is 1. The summed E-state index contributed by atoms with van der Waals surface area (Å²) in [5.41, 5.74) is 4.14. The second-order valence-corrected chi connectivity index (χ2v) is 5.09. The molecular formula is C15H12N4OS. The molecule has 0 fully saturated rings. The van der Waals surface area contributed by atoms with Crippen LogP contribution in [0.15, 0.2) is 69.6 Å². The van der Waals surface area contributed by atoms with Gasteiger partial charge in [-0.05, 0) is 29.6 Å². The van der Waals surface area contributed by atoms with Crippen molar-refractivity contribution in [2.24, 2.45) is 10.1 Å². The van der Waals surface area contributed by atoms with Crippen LogP contribution in [0.5, 0.6) is 0 Å². The Balaban J connectivity index is 1.67. The van der Waals surface area contributed by atoms with Gasteiger partial charge < -0.3 is 4.72 Å². The highest BCUT2D eigenvalue weighted by molar-refractivity contribution is 7.98. The number of nitrogens with one attached hydrogen (secondary N) is 2. The number of amides is 1. The second kappa shape index (κ2) is 6.23. The van der Waals surface area contributed by atoms with Crippen molar-refractivity contribution in [3.63, 3.8) is 0 Å². The summed E-state index contributed by atoms with van der Waals surface area (Å²) < 4.78 is 2.90. The number of hydrogen-bond donors (Lipinski definition) is 2. The van der Waals surface area contributed by atoms with Gasteiger partial charge in [0.1, 0.15) is 0 Å². The summed E-state index contributed by atoms with van der Waals surface area (Å²) in [4.78, 5) is 17.2. The maximum atomic E-state index is 12.0. The Labute approximate surface area is 126 Å². The van der Waals surface area contributed by atoms with Gasteiger partial charge in [-0.25, -0.2) is 10.4 Å². The smallest absolute Gasteiger partial charge is 0.305 e. The third-order valence-corrected chi connectivity index (χ3v) is 3.61. The van der Waals surface area contributed by atoms with Gasteiger partial charge in [0, 0.05) is 0 Å². The lowest BCUT2D eigenvalue weighted by atomic mass is 10.2. The van der Waals surface area contributed by atoms with Crippen LogP contribution in [0.25, 0.3) is 0 Å². The molecule has 2 N–H and O–H groups in total. The van der Waals surface area contributed by atoms with Crippen LogP contribution < -0.4 is 10.1 Å². The monoisotopic (exact) mass is 296 g/mol. The molecule has 0 atom stereocenters. The minimum absolute atomic E-state index is 0.240. The predicted molar refractivity (Wildman–Crippen MR) is 84.7 cm³/mol. The fourth-order valence-electron chi connectivity index (χ4n) is 1.74. The number of hydrazone groups is 1. The quantitative estimate of drug-likeness (QED) is 0.519. The fourth-order valence-corrected chi connectivity index (χ4v) is 2.45. The number of carbonyl (C=O) groups excluding carboxylic acids is 1. The summed E-state index contributed by atoms with van der Waals surface area (Å²) in [5.74, 6) is -0.131. The Morgan fingerprint density at radius 1 is 1.14 bits per heavy atom. The van der Waals surface area contributed by atoms with E-state index in [4.69, 9.17) is 0 Å². The van der Waals surface area contributed by atoms with Crippen LogP contribution in [-0.4, -0.2) is 18.0 Å². The number of rotatable bonds is 3. The predicted octanol–water partition coefficient (Wildman–Crippen LogP) is 2.48. The minimum atomic E-state index is -0.371. The van der Waals surface area contributed by atoms with Gasteiger partial charge in [0.2, 0.25) is 5.84 Å². The van der Waals surface area contributed by atoms with E-state index in [1.54, 1.807) is 6.21 Å². The molecule has 104 valence electrons. The molecule has 0 saturated carbocycles. The van der Waals surface area contributed by atoms with E-state index in [0.29, 0.717) is 0 Å². The van der Waals surface area contributed by atoms with Crippen LogP contribution in [0.2, 0.25) is 0 Å². The Morgan fingerprint density at radius 2 is 1.90 bits per heavy atom. The summed E-state index contributed by atoms with van der Waals surface area (Å²) in [5, 5.41) is 3.92. The molecule has 2 aromatic rings. The van der Waals surface area contributed by atoms with Gasteiger partial charge >= 0.3 is 5.91 Å². The van der Waals surface area contributed by atoms with Crippen molar-refractivity contribution in [2.45, 2.75) is 4.90 Å². The van der Waals surface area contributed by atoms with E-state index >= 15 is 0 Å². The van der Waals surface area contributed by atoms with Gasteiger partial charge in [-0.3, -0.25) is 4.79 Å². The van der Waals surface area contributed by atoms with Crippen molar-refractivity contribution < 1.29 is 4.79 Å². The molecular weight excluding hydrogens is 284 g/mol. The summed E-state index contributed by atoms with van der Waals surface area (Å²) in [7, 11) is 0. The molecule has 1 amide bonds. The maximum absolute atomic E-state index is 12.0. The average Bonchev–Trinajstić information content (AvgIpc) is 2.55. The molecule has 2 aromatic carbocycles. The Morgan fingerprint density at radius 3 is 2.76 bits per heavy atom. The first kappa shape index (κ1) is 13.4. The van der Waals surface area contributed by atoms with E-state index in [1.807, 2.05) is 54.6 Å². The summed E-state index contributed by atoms with van der Waals surface area (Å²) >= 11 is 1.36. The van der Waals surface area contributed by atoms with Crippen LogP contribution in [0.4, 0.5) is 5.69 Å². The van der Waals surface area contributed by atoms with Crippen LogP contribution in [0.3, 0.4) is 0 Å². The molecule has 0 saturated heterocycles. The van der Waals surface area contributed by atoms with Crippen molar-refractivity contribution in [1.29, 1.82) is 0 Å². The third-order valence-electron chi connectivity index (χ3n) is 2.75. The molecule has 0 bridgehead atoms. The van der Waals surface area contributed by atoms with Crippen LogP contribution in [0, 0.1) is 0 Å². The van der Waals surface area contributed by atoms with E-state index in [2.05, 4.69) is 20.2 Å². The number of aliphatic imine (C=N–C) groups is 1. The van der Waals surface area contributed by atoms with Crippen molar-refractivity contribution in [3.8, 4) is 0 Å². The van der Waals surface area contributed by atoms with Crippen molar-refractivity contribution >= 4 is 35.6 Å². The van der Waals surface area contributed by atoms with Crippen LogP contribution in [-0.2, 0) is 4.79 Å². The normalized spacial score (nSPS) is 13.2. The summed E-state index contributed by atoms with van der Waals surface area (Å²) in [6, 6.07) is 17.2. The zero-order valence-corrected chi connectivity index (χ0v) is 11.8. The van der Waals surface area contributed by atoms with Crippen molar-refractivity contribution in [2.75, 3.05) is 0 Å². The van der Waals surface area contributed by atoms with Gasteiger partial charge in [-0.1, -0.05) is 42.5 Å². The molecule has 1 aliphatic rings.